The number of ether oxygens (including phenoxy) is 1. The minimum atomic E-state index is -0.350. The quantitative estimate of drug-likeness (QED) is 0.663. The fourth-order valence-corrected chi connectivity index (χ4v) is 0.949. The number of aromatic nitrogens is 2. The summed E-state index contributed by atoms with van der Waals surface area (Å²) >= 11 is 0. The lowest BCUT2D eigenvalue weighted by atomic mass is 10.3. The Kier molecular flexibility index (Phi) is 3.06. The van der Waals surface area contributed by atoms with E-state index in [0.717, 1.165) is 0 Å². The third kappa shape index (κ3) is 2.57. The van der Waals surface area contributed by atoms with Crippen LogP contribution in [0, 0.1) is 0 Å². The molecule has 0 amide bonds. The molecule has 0 aliphatic rings. The summed E-state index contributed by atoms with van der Waals surface area (Å²) in [5.74, 6) is -0.251. The zero-order valence-electron chi connectivity index (χ0n) is 8.10. The Bertz CT molecular complexity index is 267. The van der Waals surface area contributed by atoms with Gasteiger partial charge in [0.15, 0.2) is 0 Å². The fourth-order valence-electron chi connectivity index (χ4n) is 0.949. The average molecular weight is 182 g/mol. The van der Waals surface area contributed by atoms with E-state index in [1.165, 1.54) is 0 Å². The lowest BCUT2D eigenvalue weighted by molar-refractivity contribution is -0.151. The van der Waals surface area contributed by atoms with Gasteiger partial charge in [-0.1, -0.05) is 0 Å². The van der Waals surface area contributed by atoms with Gasteiger partial charge in [0.1, 0.15) is 6.04 Å². The molecule has 0 saturated carbocycles. The van der Waals surface area contributed by atoms with Crippen LogP contribution < -0.4 is 0 Å². The van der Waals surface area contributed by atoms with E-state index in [1.54, 1.807) is 30.1 Å². The van der Waals surface area contributed by atoms with Crippen molar-refractivity contribution in [2.75, 3.05) is 0 Å². The molecular weight excluding hydrogens is 168 g/mol. The number of hydrogen-bond acceptors (Lipinski definition) is 3. The highest BCUT2D eigenvalue weighted by Crippen LogP contribution is 2.06. The lowest BCUT2D eigenvalue weighted by Gasteiger charge is -2.13. The molecule has 4 nitrogen and oxygen atoms in total. The van der Waals surface area contributed by atoms with Gasteiger partial charge in [-0.05, 0) is 26.8 Å². The number of carbonyl (C=O) groups is 1. The lowest BCUT2D eigenvalue weighted by Crippen LogP contribution is -2.22. The molecule has 0 saturated heterocycles. The first-order chi connectivity index (χ1) is 6.11. The molecule has 0 N–H and O–H groups in total. The van der Waals surface area contributed by atoms with E-state index >= 15 is 0 Å². The number of carbonyl (C=O) groups excluding carboxylic acids is 1. The van der Waals surface area contributed by atoms with Crippen LogP contribution in [0.1, 0.15) is 26.8 Å². The van der Waals surface area contributed by atoms with E-state index in [4.69, 9.17) is 4.74 Å². The molecule has 4 heteroatoms. The van der Waals surface area contributed by atoms with E-state index in [9.17, 15) is 4.79 Å². The van der Waals surface area contributed by atoms with Crippen molar-refractivity contribution >= 4 is 5.97 Å². The normalized spacial score (nSPS) is 12.9. The fraction of sp³-hybridized carbons (Fsp3) is 0.556. The monoisotopic (exact) mass is 182 g/mol. The SMILES string of the molecule is CC(C)OC(=O)C(C)n1cccn1. The molecule has 1 atom stereocenters. The van der Waals surface area contributed by atoms with Gasteiger partial charge in [0.05, 0.1) is 6.10 Å². The van der Waals surface area contributed by atoms with Crippen LogP contribution in [0.3, 0.4) is 0 Å². The molecule has 72 valence electrons. The van der Waals surface area contributed by atoms with Crippen molar-refractivity contribution in [3.63, 3.8) is 0 Å². The van der Waals surface area contributed by atoms with Gasteiger partial charge in [0.25, 0.3) is 0 Å². The van der Waals surface area contributed by atoms with Crippen LogP contribution in [0.5, 0.6) is 0 Å². The third-order valence-electron chi connectivity index (χ3n) is 1.61. The van der Waals surface area contributed by atoms with E-state index in [1.807, 2.05) is 13.8 Å². The molecule has 0 fully saturated rings. The van der Waals surface area contributed by atoms with Crippen LogP contribution >= 0.6 is 0 Å². The second kappa shape index (κ2) is 4.07. The van der Waals surface area contributed by atoms with Gasteiger partial charge >= 0.3 is 5.97 Å². The van der Waals surface area contributed by atoms with Crippen molar-refractivity contribution in [1.82, 2.24) is 9.78 Å². The Morgan fingerprint density at radius 1 is 1.46 bits per heavy atom. The second-order valence-corrected chi connectivity index (χ2v) is 3.15. The maximum absolute atomic E-state index is 11.4. The maximum atomic E-state index is 11.4. The summed E-state index contributed by atoms with van der Waals surface area (Å²) in [4.78, 5) is 11.4. The highest BCUT2D eigenvalue weighted by molar-refractivity contribution is 5.73. The van der Waals surface area contributed by atoms with Gasteiger partial charge in [-0.3, -0.25) is 4.68 Å². The van der Waals surface area contributed by atoms with Crippen LogP contribution in [-0.2, 0) is 9.53 Å². The molecule has 0 radical (unpaired) electrons. The molecule has 13 heavy (non-hydrogen) atoms. The Morgan fingerprint density at radius 3 is 2.62 bits per heavy atom. The maximum Gasteiger partial charge on any atom is 0.330 e. The highest BCUT2D eigenvalue weighted by atomic mass is 16.5. The molecule has 1 aromatic rings. The van der Waals surface area contributed by atoms with Crippen LogP contribution in [0.4, 0.5) is 0 Å². The van der Waals surface area contributed by atoms with E-state index in [2.05, 4.69) is 5.10 Å². The third-order valence-corrected chi connectivity index (χ3v) is 1.61. The Hall–Kier alpha value is -1.32. The zero-order chi connectivity index (χ0) is 9.84. The van der Waals surface area contributed by atoms with Gasteiger partial charge in [-0.25, -0.2) is 4.79 Å². The molecule has 0 aromatic carbocycles. The number of nitrogens with zero attached hydrogens (tertiary/aromatic N) is 2. The standard InChI is InChI=1S/C9H14N2O2/c1-7(2)13-9(12)8(3)11-6-4-5-10-11/h4-8H,1-3H3. The number of rotatable bonds is 3. The molecule has 1 rings (SSSR count). The molecule has 1 unspecified atom stereocenters. The van der Waals surface area contributed by atoms with Crippen LogP contribution in [0.25, 0.3) is 0 Å². The molecule has 0 aliphatic carbocycles. The summed E-state index contributed by atoms with van der Waals surface area (Å²) in [5, 5.41) is 3.96. The van der Waals surface area contributed by atoms with Gasteiger partial charge in [0.2, 0.25) is 0 Å². The summed E-state index contributed by atoms with van der Waals surface area (Å²) in [5.41, 5.74) is 0. The summed E-state index contributed by atoms with van der Waals surface area (Å²) < 4.78 is 6.61. The highest BCUT2D eigenvalue weighted by Gasteiger charge is 2.17. The summed E-state index contributed by atoms with van der Waals surface area (Å²) in [6.07, 6.45) is 3.30. The molecule has 0 spiro atoms. The van der Waals surface area contributed by atoms with Crippen molar-refractivity contribution in [3.8, 4) is 0 Å². The molecule has 1 heterocycles. The molecular formula is C9H14N2O2. The first kappa shape index (κ1) is 9.77. The predicted molar refractivity (Wildman–Crippen MR) is 48.2 cm³/mol. The topological polar surface area (TPSA) is 44.1 Å². The van der Waals surface area contributed by atoms with Gasteiger partial charge in [-0.15, -0.1) is 0 Å². The van der Waals surface area contributed by atoms with Crippen molar-refractivity contribution in [2.45, 2.75) is 32.9 Å². The van der Waals surface area contributed by atoms with E-state index in [0.29, 0.717) is 0 Å². The largest absolute Gasteiger partial charge is 0.461 e. The molecule has 0 bridgehead atoms. The smallest absolute Gasteiger partial charge is 0.330 e. The van der Waals surface area contributed by atoms with Crippen molar-refractivity contribution in [2.24, 2.45) is 0 Å². The summed E-state index contributed by atoms with van der Waals surface area (Å²) in [6.45, 7) is 5.42. The van der Waals surface area contributed by atoms with Gasteiger partial charge in [0, 0.05) is 12.4 Å². The minimum absolute atomic E-state index is 0.0782. The second-order valence-electron chi connectivity index (χ2n) is 3.15. The van der Waals surface area contributed by atoms with Crippen molar-refractivity contribution in [3.05, 3.63) is 18.5 Å². The number of esters is 1. The number of hydrogen-bond donors (Lipinski definition) is 0. The molecule has 0 aliphatic heterocycles. The summed E-state index contributed by atoms with van der Waals surface area (Å²) in [6, 6.07) is 1.43. The van der Waals surface area contributed by atoms with Crippen LogP contribution in [0.15, 0.2) is 18.5 Å². The van der Waals surface area contributed by atoms with Gasteiger partial charge in [-0.2, -0.15) is 5.10 Å². The van der Waals surface area contributed by atoms with Crippen molar-refractivity contribution in [1.29, 1.82) is 0 Å². The Balaban J connectivity index is 2.58. The zero-order valence-corrected chi connectivity index (χ0v) is 8.10. The average Bonchev–Trinajstić information content (AvgIpc) is 2.53. The van der Waals surface area contributed by atoms with Crippen molar-refractivity contribution < 1.29 is 9.53 Å². The first-order valence-electron chi connectivity index (χ1n) is 4.31. The summed E-state index contributed by atoms with van der Waals surface area (Å²) in [7, 11) is 0. The van der Waals surface area contributed by atoms with Crippen LogP contribution in [0.2, 0.25) is 0 Å². The first-order valence-corrected chi connectivity index (χ1v) is 4.31. The van der Waals surface area contributed by atoms with Crippen LogP contribution in [-0.4, -0.2) is 21.9 Å². The minimum Gasteiger partial charge on any atom is -0.461 e. The predicted octanol–water partition coefficient (Wildman–Crippen LogP) is 1.40. The van der Waals surface area contributed by atoms with E-state index in [-0.39, 0.29) is 18.1 Å². The Labute approximate surface area is 77.5 Å². The Morgan fingerprint density at radius 2 is 2.15 bits per heavy atom. The molecule has 1 aromatic heterocycles. The van der Waals surface area contributed by atoms with E-state index < -0.39 is 0 Å². The van der Waals surface area contributed by atoms with Gasteiger partial charge < -0.3 is 4.74 Å².